The average Bonchev–Trinajstić information content (AvgIpc) is 3.28. The highest BCUT2D eigenvalue weighted by molar-refractivity contribution is 6.40. The molecule has 2 N–H and O–H groups in total. The molecule has 1 amide bonds. The lowest BCUT2D eigenvalue weighted by Crippen LogP contribution is -2.57. The van der Waals surface area contributed by atoms with E-state index in [0.29, 0.717) is 6.42 Å². The molecule has 1 aromatic carbocycles. The molecule has 1 saturated carbocycles. The molecule has 41 heavy (non-hydrogen) atoms. The number of carboxylic acids is 1. The van der Waals surface area contributed by atoms with E-state index in [0.717, 1.165) is 16.4 Å². The minimum Gasteiger partial charge on any atom is -0.481 e. The van der Waals surface area contributed by atoms with Gasteiger partial charge in [0.1, 0.15) is 0 Å². The fraction of sp³-hybridized carbons (Fsp3) is 0.571. The van der Waals surface area contributed by atoms with Gasteiger partial charge in [0.15, 0.2) is 11.5 Å². The van der Waals surface area contributed by atoms with Crippen LogP contribution in [-0.2, 0) is 15.7 Å². The van der Waals surface area contributed by atoms with E-state index >= 15 is 0 Å². The largest absolute Gasteiger partial charge is 0.481 e. The summed E-state index contributed by atoms with van der Waals surface area (Å²) >= 11 is 12.6. The van der Waals surface area contributed by atoms with Crippen LogP contribution in [0.2, 0.25) is 10.0 Å². The molecule has 0 bridgehead atoms. The van der Waals surface area contributed by atoms with Gasteiger partial charge >= 0.3 is 12.1 Å². The highest BCUT2D eigenvalue weighted by Crippen LogP contribution is 2.43. The number of carbonyl (C=O) groups is 3. The molecule has 2 fully saturated rings. The van der Waals surface area contributed by atoms with Crippen LogP contribution in [0.4, 0.5) is 13.2 Å². The normalized spacial score (nSPS) is 24.8. The molecule has 224 valence electrons. The lowest BCUT2D eigenvalue weighted by Gasteiger charge is -2.46. The number of rotatable bonds is 8. The highest BCUT2D eigenvalue weighted by Gasteiger charge is 2.46. The molecule has 2 heterocycles. The number of ketones is 1. The summed E-state index contributed by atoms with van der Waals surface area (Å²) in [5, 5.41) is 16.2. The minimum absolute atomic E-state index is 0.0613. The van der Waals surface area contributed by atoms with Gasteiger partial charge in [-0.05, 0) is 71.1 Å². The van der Waals surface area contributed by atoms with E-state index in [1.165, 1.54) is 0 Å². The second kappa shape index (κ2) is 11.2. The lowest BCUT2D eigenvalue weighted by molar-refractivity contribution is -0.194. The van der Waals surface area contributed by atoms with Gasteiger partial charge in [-0.2, -0.15) is 18.3 Å². The predicted octanol–water partition coefficient (Wildman–Crippen LogP) is 6.66. The Balaban J connectivity index is 1.60. The fourth-order valence-electron chi connectivity index (χ4n) is 5.68. The molecule has 0 spiro atoms. The summed E-state index contributed by atoms with van der Waals surface area (Å²) in [6.07, 6.45) is -3.86. The molecule has 8 nitrogen and oxygen atoms in total. The van der Waals surface area contributed by atoms with Crippen LogP contribution in [0, 0.1) is 12.3 Å². The third-order valence-corrected chi connectivity index (χ3v) is 8.62. The van der Waals surface area contributed by atoms with Gasteiger partial charge in [0.2, 0.25) is 0 Å². The number of hydrogen-bond acceptors (Lipinski definition) is 5. The molecule has 2 aromatic rings. The number of carboxylic acid groups (broad SMARTS) is 1. The molecule has 2 aliphatic rings. The van der Waals surface area contributed by atoms with Crippen molar-refractivity contribution < 1.29 is 37.4 Å². The van der Waals surface area contributed by atoms with Gasteiger partial charge in [0.05, 0.1) is 56.6 Å². The molecule has 1 unspecified atom stereocenters. The summed E-state index contributed by atoms with van der Waals surface area (Å²) < 4.78 is 49.6. The number of Topliss-reactive ketones (excluding diaryl/α,β-unsaturated/α-hetero) is 1. The first-order valence-electron chi connectivity index (χ1n) is 13.3. The number of aliphatic carboxylic acids is 1. The van der Waals surface area contributed by atoms with Crippen LogP contribution in [0.1, 0.15) is 97.3 Å². The SMILES string of the molecule is Cc1cc(Cl)c(C(=O)CC(NC(=O)c2cnn(C3CCC(C)(C(=O)O)CC3)c2C(F)(F)F)[C@H]2CC(C)(C)O2)c(Cl)c1. The highest BCUT2D eigenvalue weighted by atomic mass is 35.5. The fourth-order valence-corrected chi connectivity index (χ4v) is 6.49. The topological polar surface area (TPSA) is 111 Å². The zero-order valence-electron chi connectivity index (χ0n) is 23.1. The zero-order chi connectivity index (χ0) is 30.5. The summed E-state index contributed by atoms with van der Waals surface area (Å²) in [7, 11) is 0. The van der Waals surface area contributed by atoms with Crippen LogP contribution in [-0.4, -0.2) is 50.3 Å². The maximum atomic E-state index is 14.3. The van der Waals surface area contributed by atoms with Crippen LogP contribution in [0.3, 0.4) is 0 Å². The van der Waals surface area contributed by atoms with Gasteiger partial charge in [-0.1, -0.05) is 23.2 Å². The third-order valence-electron chi connectivity index (χ3n) is 8.03. The Hall–Kier alpha value is -2.63. The Bertz CT molecular complexity index is 1340. The molecular weight excluding hydrogens is 586 g/mol. The molecule has 13 heteroatoms. The molecule has 2 atom stereocenters. The zero-order valence-corrected chi connectivity index (χ0v) is 24.6. The maximum absolute atomic E-state index is 14.3. The van der Waals surface area contributed by atoms with Crippen molar-refractivity contribution in [1.29, 1.82) is 0 Å². The Morgan fingerprint density at radius 1 is 1.17 bits per heavy atom. The number of nitrogens with zero attached hydrogens (tertiary/aromatic N) is 2. The van der Waals surface area contributed by atoms with Crippen LogP contribution in [0.25, 0.3) is 0 Å². The number of aromatic nitrogens is 2. The Morgan fingerprint density at radius 3 is 2.22 bits per heavy atom. The summed E-state index contributed by atoms with van der Waals surface area (Å²) in [4.78, 5) is 38.2. The van der Waals surface area contributed by atoms with Gasteiger partial charge in [0, 0.05) is 12.8 Å². The maximum Gasteiger partial charge on any atom is 0.433 e. The van der Waals surface area contributed by atoms with Gasteiger partial charge in [-0.3, -0.25) is 19.1 Å². The Kier molecular flexibility index (Phi) is 8.57. The van der Waals surface area contributed by atoms with Crippen LogP contribution in [0.5, 0.6) is 0 Å². The summed E-state index contributed by atoms with van der Waals surface area (Å²) in [6, 6.07) is 1.46. The molecule has 1 aliphatic heterocycles. The lowest BCUT2D eigenvalue weighted by atomic mass is 9.74. The van der Waals surface area contributed by atoms with E-state index in [9.17, 15) is 32.7 Å². The predicted molar refractivity (Wildman–Crippen MR) is 145 cm³/mol. The number of hydrogen-bond donors (Lipinski definition) is 2. The minimum atomic E-state index is -4.92. The van der Waals surface area contributed by atoms with Crippen molar-refractivity contribution in [2.45, 2.75) is 96.2 Å². The summed E-state index contributed by atoms with van der Waals surface area (Å²) in [6.45, 7) is 6.97. The van der Waals surface area contributed by atoms with Crippen LogP contribution in [0.15, 0.2) is 18.3 Å². The molecule has 1 saturated heterocycles. The third kappa shape index (κ3) is 6.57. The molecule has 0 radical (unpaired) electrons. The van der Waals surface area contributed by atoms with Gasteiger partial charge in [-0.25, -0.2) is 0 Å². The monoisotopic (exact) mass is 617 g/mol. The Labute approximate surface area is 245 Å². The van der Waals surface area contributed by atoms with E-state index < -0.39 is 64.3 Å². The quantitative estimate of drug-likeness (QED) is 0.320. The number of ether oxygens (including phenoxy) is 1. The molecule has 1 aliphatic carbocycles. The molecular formula is C28H32Cl2F3N3O5. The van der Waals surface area contributed by atoms with E-state index in [-0.39, 0.29) is 47.7 Å². The van der Waals surface area contributed by atoms with Gasteiger partial charge in [-0.15, -0.1) is 0 Å². The van der Waals surface area contributed by atoms with Crippen molar-refractivity contribution in [2.24, 2.45) is 5.41 Å². The smallest absolute Gasteiger partial charge is 0.433 e. The first kappa shape index (κ1) is 31.3. The van der Waals surface area contributed by atoms with Crippen molar-refractivity contribution in [2.75, 3.05) is 0 Å². The second-order valence-corrected chi connectivity index (χ2v) is 12.7. The van der Waals surface area contributed by atoms with Gasteiger partial charge in [0.25, 0.3) is 5.91 Å². The number of halogens is 5. The average molecular weight is 618 g/mol. The number of benzene rings is 1. The first-order valence-corrected chi connectivity index (χ1v) is 14.0. The van der Waals surface area contributed by atoms with Crippen LogP contribution < -0.4 is 5.32 Å². The van der Waals surface area contributed by atoms with E-state index in [1.807, 2.05) is 13.8 Å². The number of aryl methyl sites for hydroxylation is 1. The van der Waals surface area contributed by atoms with E-state index in [4.69, 9.17) is 27.9 Å². The van der Waals surface area contributed by atoms with Crippen molar-refractivity contribution in [3.63, 3.8) is 0 Å². The summed E-state index contributed by atoms with van der Waals surface area (Å²) in [5.74, 6) is -2.54. The number of alkyl halides is 3. The first-order chi connectivity index (χ1) is 18.9. The molecule has 4 rings (SSSR count). The standard InChI is InChI=1S/C28H32Cl2F3N3O5/c1-14-9-17(29)22(18(30)10-14)20(37)11-19(21-12-26(2,3)41-21)35-24(38)16-13-34-36(23(16)28(31,32)33)15-5-7-27(4,8-6-15)25(39)40/h9-10,13,15,19,21H,5-8,11-12H2,1-4H3,(H,35,38)(H,39,40)/t15?,19?,21-,27?/m1/s1. The van der Waals surface area contributed by atoms with Crippen molar-refractivity contribution in [3.05, 3.63) is 50.8 Å². The Morgan fingerprint density at radius 2 is 1.73 bits per heavy atom. The van der Waals surface area contributed by atoms with Crippen molar-refractivity contribution in [3.8, 4) is 0 Å². The number of nitrogens with one attached hydrogen (secondary N) is 1. The number of amides is 1. The number of carbonyl (C=O) groups excluding carboxylic acids is 2. The second-order valence-electron chi connectivity index (χ2n) is 11.9. The molecule has 1 aromatic heterocycles. The summed E-state index contributed by atoms with van der Waals surface area (Å²) in [5.41, 5.74) is -2.65. The van der Waals surface area contributed by atoms with E-state index in [1.54, 1.807) is 26.0 Å². The van der Waals surface area contributed by atoms with Crippen LogP contribution >= 0.6 is 23.2 Å². The van der Waals surface area contributed by atoms with E-state index in [2.05, 4.69) is 10.4 Å². The van der Waals surface area contributed by atoms with Crippen molar-refractivity contribution >= 4 is 40.9 Å². The van der Waals surface area contributed by atoms with Gasteiger partial charge < -0.3 is 15.2 Å². The van der Waals surface area contributed by atoms with Crippen molar-refractivity contribution in [1.82, 2.24) is 15.1 Å².